The van der Waals surface area contributed by atoms with Crippen molar-refractivity contribution in [3.8, 4) is 10.7 Å². The van der Waals surface area contributed by atoms with Crippen molar-refractivity contribution < 1.29 is 0 Å². The third-order valence-electron chi connectivity index (χ3n) is 3.00. The van der Waals surface area contributed by atoms with E-state index >= 15 is 0 Å². The molecule has 0 radical (unpaired) electrons. The van der Waals surface area contributed by atoms with Crippen LogP contribution in [0, 0.1) is 3.57 Å². The predicted octanol–water partition coefficient (Wildman–Crippen LogP) is 4.35. The van der Waals surface area contributed by atoms with Gasteiger partial charge in [-0.15, -0.1) is 11.3 Å². The molecular formula is C15H19IN2OS. The zero-order valence-electron chi connectivity index (χ0n) is 12.2. The lowest BCUT2D eigenvalue weighted by atomic mass is 9.95. The van der Waals surface area contributed by atoms with Crippen LogP contribution in [0.15, 0.2) is 16.9 Å². The largest absolute Gasteiger partial charge is 0.305 e. The summed E-state index contributed by atoms with van der Waals surface area (Å²) in [6.45, 7) is 8.67. The molecule has 2 aromatic heterocycles. The van der Waals surface area contributed by atoms with Crippen LogP contribution in [0.2, 0.25) is 0 Å². The fraction of sp³-hybridized carbons (Fsp3) is 0.467. The average Bonchev–Trinajstić information content (AvgIpc) is 2.84. The van der Waals surface area contributed by atoms with Gasteiger partial charge < -0.3 is 4.98 Å². The van der Waals surface area contributed by atoms with E-state index in [2.05, 4.69) is 66.3 Å². The van der Waals surface area contributed by atoms with Crippen LogP contribution in [-0.2, 0) is 11.8 Å². The number of rotatable bonds is 3. The summed E-state index contributed by atoms with van der Waals surface area (Å²) in [5.74, 6) is 0.694. The molecule has 3 nitrogen and oxygen atoms in total. The van der Waals surface area contributed by atoms with E-state index in [1.54, 1.807) is 11.3 Å². The summed E-state index contributed by atoms with van der Waals surface area (Å²) in [6.07, 6.45) is 1.83. The zero-order valence-corrected chi connectivity index (χ0v) is 15.2. The van der Waals surface area contributed by atoms with Crippen LogP contribution >= 0.6 is 33.9 Å². The lowest BCUT2D eigenvalue weighted by Gasteiger charge is -2.15. The molecule has 0 aliphatic carbocycles. The standard InChI is InChI=1S/C15H19IN2OS/c1-5-6-9-12(16)14(19)18-13(17-9)10-7-8-11(20-10)15(2,3)4/h7-8H,5-6H2,1-4H3,(H,17,18,19). The predicted molar refractivity (Wildman–Crippen MR) is 93.6 cm³/mol. The van der Waals surface area contributed by atoms with Crippen LogP contribution in [-0.4, -0.2) is 9.97 Å². The molecule has 0 atom stereocenters. The molecule has 5 heteroatoms. The Bertz CT molecular complexity index is 667. The van der Waals surface area contributed by atoms with Gasteiger partial charge in [0.15, 0.2) is 5.82 Å². The molecule has 0 bridgehead atoms. The molecule has 0 saturated carbocycles. The molecule has 0 aliphatic rings. The third kappa shape index (κ3) is 3.31. The molecule has 0 fully saturated rings. The van der Waals surface area contributed by atoms with Crippen molar-refractivity contribution in [2.75, 3.05) is 0 Å². The number of nitrogens with zero attached hydrogens (tertiary/aromatic N) is 1. The van der Waals surface area contributed by atoms with Gasteiger partial charge in [0.25, 0.3) is 5.56 Å². The molecule has 0 amide bonds. The second-order valence-corrected chi connectivity index (χ2v) is 8.00. The maximum atomic E-state index is 12.0. The second kappa shape index (κ2) is 5.97. The lowest BCUT2D eigenvalue weighted by Crippen LogP contribution is -2.16. The van der Waals surface area contributed by atoms with Crippen LogP contribution in [0.5, 0.6) is 0 Å². The van der Waals surface area contributed by atoms with Gasteiger partial charge in [0, 0.05) is 4.88 Å². The molecule has 20 heavy (non-hydrogen) atoms. The molecule has 0 spiro atoms. The zero-order chi connectivity index (χ0) is 14.9. The first-order valence-electron chi connectivity index (χ1n) is 6.72. The first-order valence-corrected chi connectivity index (χ1v) is 8.62. The molecule has 2 aromatic rings. The fourth-order valence-electron chi connectivity index (χ4n) is 1.89. The van der Waals surface area contributed by atoms with Gasteiger partial charge in [-0.05, 0) is 46.6 Å². The Morgan fingerprint density at radius 1 is 1.35 bits per heavy atom. The summed E-state index contributed by atoms with van der Waals surface area (Å²) in [7, 11) is 0. The highest BCUT2D eigenvalue weighted by Crippen LogP contribution is 2.33. The number of nitrogens with one attached hydrogen (secondary N) is 1. The Labute approximate surface area is 137 Å². The Kier molecular flexibility index (Phi) is 4.69. The first kappa shape index (κ1) is 15.7. The van der Waals surface area contributed by atoms with E-state index in [0.717, 1.165) is 23.4 Å². The maximum Gasteiger partial charge on any atom is 0.264 e. The number of hydrogen-bond donors (Lipinski definition) is 1. The molecule has 1 N–H and O–H groups in total. The lowest BCUT2D eigenvalue weighted by molar-refractivity contribution is 0.604. The number of thiophene rings is 1. The van der Waals surface area contributed by atoms with E-state index in [1.165, 1.54) is 4.88 Å². The van der Waals surface area contributed by atoms with Gasteiger partial charge in [0.2, 0.25) is 0 Å². The second-order valence-electron chi connectivity index (χ2n) is 5.84. The quantitative estimate of drug-likeness (QED) is 0.776. The maximum absolute atomic E-state index is 12.0. The SMILES string of the molecule is CCCc1nc(-c2ccc(C(C)(C)C)s2)[nH]c(=O)c1I. The van der Waals surface area contributed by atoms with Gasteiger partial charge in [0.1, 0.15) is 0 Å². The minimum absolute atomic E-state index is 0.0373. The van der Waals surface area contributed by atoms with Crippen molar-refractivity contribution in [1.29, 1.82) is 0 Å². The van der Waals surface area contributed by atoms with Crippen molar-refractivity contribution in [3.63, 3.8) is 0 Å². The highest BCUT2D eigenvalue weighted by molar-refractivity contribution is 14.1. The Morgan fingerprint density at radius 3 is 2.60 bits per heavy atom. The van der Waals surface area contributed by atoms with Gasteiger partial charge in [-0.25, -0.2) is 4.98 Å². The number of aromatic amines is 1. The number of aromatic nitrogens is 2. The van der Waals surface area contributed by atoms with Crippen molar-refractivity contribution in [1.82, 2.24) is 9.97 Å². The minimum atomic E-state index is -0.0373. The van der Waals surface area contributed by atoms with E-state index in [1.807, 2.05) is 6.07 Å². The molecule has 2 rings (SSSR count). The highest BCUT2D eigenvalue weighted by Gasteiger charge is 2.18. The van der Waals surface area contributed by atoms with Crippen LogP contribution in [0.25, 0.3) is 10.7 Å². The van der Waals surface area contributed by atoms with Crippen molar-refractivity contribution in [2.24, 2.45) is 0 Å². The summed E-state index contributed by atoms with van der Waals surface area (Å²) in [5.41, 5.74) is 0.987. The third-order valence-corrected chi connectivity index (χ3v) is 5.63. The number of hydrogen-bond acceptors (Lipinski definition) is 3. The summed E-state index contributed by atoms with van der Waals surface area (Å²) in [4.78, 5) is 21.9. The first-order chi connectivity index (χ1) is 9.32. The molecule has 0 saturated heterocycles. The van der Waals surface area contributed by atoms with Crippen molar-refractivity contribution >= 4 is 33.9 Å². The fourth-order valence-corrected chi connectivity index (χ4v) is 3.43. The van der Waals surface area contributed by atoms with Crippen LogP contribution < -0.4 is 5.56 Å². The van der Waals surface area contributed by atoms with E-state index in [9.17, 15) is 4.79 Å². The Balaban J connectivity index is 2.48. The topological polar surface area (TPSA) is 45.8 Å². The molecule has 0 aliphatic heterocycles. The van der Waals surface area contributed by atoms with Gasteiger partial charge in [-0.1, -0.05) is 34.1 Å². The monoisotopic (exact) mass is 402 g/mol. The van der Waals surface area contributed by atoms with Gasteiger partial charge >= 0.3 is 0 Å². The summed E-state index contributed by atoms with van der Waals surface area (Å²) in [5, 5.41) is 0. The molecular weight excluding hydrogens is 383 g/mol. The molecule has 2 heterocycles. The Morgan fingerprint density at radius 2 is 2.05 bits per heavy atom. The minimum Gasteiger partial charge on any atom is -0.305 e. The molecule has 0 unspecified atom stereocenters. The number of aryl methyl sites for hydroxylation is 1. The molecule has 108 valence electrons. The van der Waals surface area contributed by atoms with Crippen LogP contribution in [0.1, 0.15) is 44.7 Å². The van der Waals surface area contributed by atoms with E-state index in [4.69, 9.17) is 0 Å². The molecule has 0 aromatic carbocycles. The van der Waals surface area contributed by atoms with E-state index in [-0.39, 0.29) is 11.0 Å². The summed E-state index contributed by atoms with van der Waals surface area (Å²) < 4.78 is 0.709. The van der Waals surface area contributed by atoms with E-state index in [0.29, 0.717) is 9.39 Å². The number of H-pyrrole nitrogens is 1. The van der Waals surface area contributed by atoms with Crippen molar-refractivity contribution in [3.05, 3.63) is 36.6 Å². The average molecular weight is 402 g/mol. The van der Waals surface area contributed by atoms with Gasteiger partial charge in [-0.3, -0.25) is 4.79 Å². The number of halogens is 1. The Hall–Kier alpha value is -0.690. The van der Waals surface area contributed by atoms with Crippen molar-refractivity contribution in [2.45, 2.75) is 46.0 Å². The smallest absolute Gasteiger partial charge is 0.264 e. The summed E-state index contributed by atoms with van der Waals surface area (Å²) in [6, 6.07) is 4.17. The van der Waals surface area contributed by atoms with Crippen LogP contribution in [0.4, 0.5) is 0 Å². The highest BCUT2D eigenvalue weighted by atomic mass is 127. The van der Waals surface area contributed by atoms with Crippen LogP contribution in [0.3, 0.4) is 0 Å². The van der Waals surface area contributed by atoms with Gasteiger partial charge in [0.05, 0.1) is 14.1 Å². The summed E-state index contributed by atoms with van der Waals surface area (Å²) >= 11 is 3.78. The normalized spacial score (nSPS) is 11.8. The van der Waals surface area contributed by atoms with Gasteiger partial charge in [-0.2, -0.15) is 0 Å². The van der Waals surface area contributed by atoms with E-state index < -0.39 is 0 Å².